The minimum Gasteiger partial charge on any atom is -0.368 e. The number of aryl methyl sites for hydroxylation is 1. The summed E-state index contributed by atoms with van der Waals surface area (Å²) in [6.07, 6.45) is 1.67. The summed E-state index contributed by atoms with van der Waals surface area (Å²) in [4.78, 5) is 21.8. The van der Waals surface area contributed by atoms with Crippen LogP contribution in [-0.2, 0) is 0 Å². The van der Waals surface area contributed by atoms with E-state index < -0.39 is 0 Å². The molecular formula is C24H26N4O. The van der Waals surface area contributed by atoms with E-state index in [1.54, 1.807) is 6.20 Å². The molecule has 2 heterocycles. The van der Waals surface area contributed by atoms with Crippen LogP contribution in [0.15, 0.2) is 66.9 Å². The van der Waals surface area contributed by atoms with E-state index in [0.29, 0.717) is 5.56 Å². The number of hydrogen-bond acceptors (Lipinski definition) is 4. The average molecular weight is 386 g/mol. The second-order valence-corrected chi connectivity index (χ2v) is 7.42. The maximum absolute atomic E-state index is 12.6. The molecule has 0 bridgehead atoms. The first-order valence-electron chi connectivity index (χ1n) is 10.0. The lowest BCUT2D eigenvalue weighted by atomic mass is 10.1. The fourth-order valence-corrected chi connectivity index (χ4v) is 3.62. The van der Waals surface area contributed by atoms with E-state index in [1.807, 2.05) is 50.2 Å². The van der Waals surface area contributed by atoms with Gasteiger partial charge in [-0.3, -0.25) is 4.79 Å². The van der Waals surface area contributed by atoms with Gasteiger partial charge in [0.25, 0.3) is 5.91 Å². The number of piperazine rings is 1. The molecule has 1 saturated heterocycles. The van der Waals surface area contributed by atoms with Crippen LogP contribution in [0.3, 0.4) is 0 Å². The molecule has 1 aliphatic heterocycles. The Labute approximate surface area is 172 Å². The number of hydrogen-bond donors (Lipinski definition) is 1. The fraction of sp³-hybridized carbons (Fsp3) is 0.250. The van der Waals surface area contributed by atoms with Crippen molar-refractivity contribution in [3.05, 3.63) is 83.6 Å². The number of carbonyl (C=O) groups is 1. The van der Waals surface area contributed by atoms with E-state index in [4.69, 9.17) is 0 Å². The van der Waals surface area contributed by atoms with Crippen LogP contribution in [0, 0.1) is 13.8 Å². The molecule has 29 heavy (non-hydrogen) atoms. The van der Waals surface area contributed by atoms with Gasteiger partial charge < -0.3 is 15.1 Å². The molecule has 0 aliphatic carbocycles. The molecular weight excluding hydrogens is 360 g/mol. The Kier molecular flexibility index (Phi) is 5.47. The van der Waals surface area contributed by atoms with Gasteiger partial charge >= 0.3 is 0 Å². The van der Waals surface area contributed by atoms with Crippen LogP contribution < -0.4 is 15.1 Å². The summed E-state index contributed by atoms with van der Waals surface area (Å²) < 4.78 is 0. The lowest BCUT2D eigenvalue weighted by Gasteiger charge is -2.36. The predicted octanol–water partition coefficient (Wildman–Crippen LogP) is 4.28. The van der Waals surface area contributed by atoms with Crippen molar-refractivity contribution in [1.82, 2.24) is 4.98 Å². The lowest BCUT2D eigenvalue weighted by Crippen LogP contribution is -2.46. The molecule has 3 aromatic rings. The third kappa shape index (κ3) is 4.24. The summed E-state index contributed by atoms with van der Waals surface area (Å²) in [7, 11) is 0. The second kappa shape index (κ2) is 8.35. The summed E-state index contributed by atoms with van der Waals surface area (Å²) in [5, 5.41) is 2.99. The van der Waals surface area contributed by atoms with Crippen LogP contribution in [0.25, 0.3) is 0 Å². The van der Waals surface area contributed by atoms with E-state index in [1.165, 1.54) is 5.69 Å². The first-order valence-corrected chi connectivity index (χ1v) is 10.0. The van der Waals surface area contributed by atoms with Gasteiger partial charge in [-0.05, 0) is 55.3 Å². The van der Waals surface area contributed by atoms with Gasteiger partial charge in [0.2, 0.25) is 0 Å². The first kappa shape index (κ1) is 19.0. The van der Waals surface area contributed by atoms with Gasteiger partial charge in [0.05, 0.1) is 5.56 Å². The van der Waals surface area contributed by atoms with Gasteiger partial charge in [0.15, 0.2) is 0 Å². The summed E-state index contributed by atoms with van der Waals surface area (Å²) in [5.74, 6) is 0.785. The number of nitrogens with zero attached hydrogens (tertiary/aromatic N) is 3. The van der Waals surface area contributed by atoms with Crippen molar-refractivity contribution in [2.45, 2.75) is 13.8 Å². The van der Waals surface area contributed by atoms with Gasteiger partial charge in [-0.1, -0.05) is 30.3 Å². The van der Waals surface area contributed by atoms with Crippen LogP contribution in [0.1, 0.15) is 21.5 Å². The van der Waals surface area contributed by atoms with E-state index in [-0.39, 0.29) is 5.91 Å². The minimum absolute atomic E-state index is 0.133. The highest BCUT2D eigenvalue weighted by Crippen LogP contribution is 2.21. The van der Waals surface area contributed by atoms with Crippen LogP contribution >= 0.6 is 0 Å². The molecule has 1 fully saturated rings. The van der Waals surface area contributed by atoms with Crippen molar-refractivity contribution in [2.24, 2.45) is 0 Å². The van der Waals surface area contributed by atoms with Gasteiger partial charge in [-0.2, -0.15) is 0 Å². The zero-order chi connectivity index (χ0) is 20.2. The molecule has 148 valence electrons. The molecule has 4 rings (SSSR count). The van der Waals surface area contributed by atoms with Crippen LogP contribution in [0.2, 0.25) is 0 Å². The average Bonchev–Trinajstić information content (AvgIpc) is 2.78. The molecule has 0 radical (unpaired) electrons. The number of rotatable bonds is 4. The number of nitrogens with one attached hydrogen (secondary N) is 1. The highest BCUT2D eigenvalue weighted by atomic mass is 16.1. The van der Waals surface area contributed by atoms with Crippen LogP contribution in [0.4, 0.5) is 17.2 Å². The van der Waals surface area contributed by atoms with Crippen molar-refractivity contribution < 1.29 is 4.79 Å². The molecule has 5 nitrogen and oxygen atoms in total. The molecule has 0 saturated carbocycles. The van der Waals surface area contributed by atoms with Crippen LogP contribution in [0.5, 0.6) is 0 Å². The zero-order valence-corrected chi connectivity index (χ0v) is 16.9. The Morgan fingerprint density at radius 2 is 1.59 bits per heavy atom. The smallest absolute Gasteiger partial charge is 0.257 e. The van der Waals surface area contributed by atoms with E-state index in [0.717, 1.165) is 48.8 Å². The largest absolute Gasteiger partial charge is 0.368 e. The molecule has 0 unspecified atom stereocenters. The molecule has 5 heteroatoms. The van der Waals surface area contributed by atoms with Gasteiger partial charge in [-0.25, -0.2) is 4.98 Å². The van der Waals surface area contributed by atoms with Crippen molar-refractivity contribution in [3.8, 4) is 0 Å². The molecule has 0 spiro atoms. The maximum Gasteiger partial charge on any atom is 0.257 e. The van der Waals surface area contributed by atoms with Crippen molar-refractivity contribution in [2.75, 3.05) is 41.3 Å². The Balaban J connectivity index is 1.38. The monoisotopic (exact) mass is 386 g/mol. The molecule has 1 amide bonds. The predicted molar refractivity (Wildman–Crippen MR) is 119 cm³/mol. The number of aromatic nitrogens is 1. The van der Waals surface area contributed by atoms with Gasteiger partial charge in [0.1, 0.15) is 5.82 Å². The third-order valence-corrected chi connectivity index (χ3v) is 5.59. The number of amides is 1. The Morgan fingerprint density at radius 3 is 2.28 bits per heavy atom. The molecule has 0 atom stereocenters. The highest BCUT2D eigenvalue weighted by molar-refractivity contribution is 6.04. The SMILES string of the molecule is Cc1cccc(NC(=O)c2ccc(N3CCN(c4ccccc4)CC3)nc2)c1C. The standard InChI is InChI=1S/C24H26N4O/c1-18-7-6-10-22(19(18)2)26-24(29)20-11-12-23(25-17-20)28-15-13-27(14-16-28)21-8-4-3-5-9-21/h3-12,17H,13-16H2,1-2H3,(H,26,29). The van der Waals surface area contributed by atoms with Crippen LogP contribution in [-0.4, -0.2) is 37.1 Å². The number of anilines is 3. The third-order valence-electron chi connectivity index (χ3n) is 5.59. The normalized spacial score (nSPS) is 14.0. The van der Waals surface area contributed by atoms with Crippen molar-refractivity contribution >= 4 is 23.1 Å². The Bertz CT molecular complexity index is 978. The fourth-order valence-electron chi connectivity index (χ4n) is 3.62. The van der Waals surface area contributed by atoms with E-state index in [9.17, 15) is 4.79 Å². The minimum atomic E-state index is -0.133. The summed E-state index contributed by atoms with van der Waals surface area (Å²) in [6.45, 7) is 7.80. The number of para-hydroxylation sites is 1. The van der Waals surface area contributed by atoms with E-state index in [2.05, 4.69) is 44.4 Å². The van der Waals surface area contributed by atoms with Gasteiger partial charge in [-0.15, -0.1) is 0 Å². The summed E-state index contributed by atoms with van der Waals surface area (Å²) in [5.41, 5.74) is 4.92. The summed E-state index contributed by atoms with van der Waals surface area (Å²) >= 11 is 0. The number of carbonyl (C=O) groups excluding carboxylic acids is 1. The van der Waals surface area contributed by atoms with Crippen molar-refractivity contribution in [3.63, 3.8) is 0 Å². The van der Waals surface area contributed by atoms with Crippen molar-refractivity contribution in [1.29, 1.82) is 0 Å². The Hall–Kier alpha value is -3.34. The van der Waals surface area contributed by atoms with Gasteiger partial charge in [0, 0.05) is 43.8 Å². The molecule has 2 aromatic carbocycles. The Morgan fingerprint density at radius 1 is 0.862 bits per heavy atom. The molecule has 1 aromatic heterocycles. The maximum atomic E-state index is 12.6. The topological polar surface area (TPSA) is 48.5 Å². The second-order valence-electron chi connectivity index (χ2n) is 7.42. The zero-order valence-electron chi connectivity index (χ0n) is 16.9. The molecule has 1 N–H and O–H groups in total. The number of benzene rings is 2. The number of pyridine rings is 1. The highest BCUT2D eigenvalue weighted by Gasteiger charge is 2.18. The molecule has 1 aliphatic rings. The lowest BCUT2D eigenvalue weighted by molar-refractivity contribution is 0.102. The summed E-state index contributed by atoms with van der Waals surface area (Å²) in [6, 6.07) is 20.2. The first-order chi connectivity index (χ1) is 14.1. The van der Waals surface area contributed by atoms with E-state index >= 15 is 0 Å². The quantitative estimate of drug-likeness (QED) is 0.727.